The van der Waals surface area contributed by atoms with Gasteiger partial charge >= 0.3 is 0 Å². The first kappa shape index (κ1) is 17.8. The molecule has 120 valence electrons. The molecule has 0 saturated carbocycles. The van der Waals surface area contributed by atoms with Gasteiger partial charge in [0, 0.05) is 32.4 Å². The first-order valence-corrected chi connectivity index (χ1v) is 7.39. The molecule has 0 atom stereocenters. The van der Waals surface area contributed by atoms with E-state index in [9.17, 15) is 0 Å². The van der Waals surface area contributed by atoms with E-state index in [2.05, 4.69) is 12.2 Å². The molecule has 0 spiro atoms. The molecule has 0 heterocycles. The SMILES string of the molecule is CCCNCc1ccc(OCCOC)cc1OCCOC. The van der Waals surface area contributed by atoms with E-state index in [0.717, 1.165) is 36.6 Å². The van der Waals surface area contributed by atoms with Gasteiger partial charge in [0.05, 0.1) is 13.2 Å². The van der Waals surface area contributed by atoms with Crippen LogP contribution in [0.1, 0.15) is 18.9 Å². The second-order valence-corrected chi connectivity index (χ2v) is 4.63. The summed E-state index contributed by atoms with van der Waals surface area (Å²) in [7, 11) is 3.32. The zero-order chi connectivity index (χ0) is 15.3. The van der Waals surface area contributed by atoms with Gasteiger partial charge in [-0.25, -0.2) is 0 Å². The predicted octanol–water partition coefficient (Wildman–Crippen LogP) is 2.24. The lowest BCUT2D eigenvalue weighted by molar-refractivity contribution is 0.142. The van der Waals surface area contributed by atoms with Crippen LogP contribution < -0.4 is 14.8 Å². The molecule has 5 heteroatoms. The van der Waals surface area contributed by atoms with E-state index in [0.29, 0.717) is 26.4 Å². The number of hydrogen-bond donors (Lipinski definition) is 1. The Bertz CT molecular complexity index is 385. The van der Waals surface area contributed by atoms with Gasteiger partial charge in [-0.05, 0) is 19.0 Å². The summed E-state index contributed by atoms with van der Waals surface area (Å²) in [5.74, 6) is 1.63. The Morgan fingerprint density at radius 2 is 1.67 bits per heavy atom. The molecule has 0 amide bonds. The molecular weight excluding hydrogens is 270 g/mol. The van der Waals surface area contributed by atoms with Crippen molar-refractivity contribution >= 4 is 0 Å². The molecule has 5 nitrogen and oxygen atoms in total. The Labute approximate surface area is 127 Å². The summed E-state index contributed by atoms with van der Waals surface area (Å²) in [5, 5.41) is 3.38. The highest BCUT2D eigenvalue weighted by Crippen LogP contribution is 2.25. The number of rotatable bonds is 12. The normalized spacial score (nSPS) is 10.6. The Kier molecular flexibility index (Phi) is 9.61. The molecular formula is C16H27NO4. The van der Waals surface area contributed by atoms with Crippen molar-refractivity contribution in [2.24, 2.45) is 0 Å². The highest BCUT2D eigenvalue weighted by molar-refractivity contribution is 5.40. The van der Waals surface area contributed by atoms with Crippen LogP contribution in [0, 0.1) is 0 Å². The van der Waals surface area contributed by atoms with Crippen LogP contribution in [-0.4, -0.2) is 47.2 Å². The molecule has 0 aromatic heterocycles. The molecule has 0 fully saturated rings. The van der Waals surface area contributed by atoms with E-state index in [1.165, 1.54) is 0 Å². The van der Waals surface area contributed by atoms with Crippen molar-refractivity contribution in [3.8, 4) is 11.5 Å². The van der Waals surface area contributed by atoms with Gasteiger partial charge in [-0.3, -0.25) is 0 Å². The van der Waals surface area contributed by atoms with Crippen molar-refractivity contribution in [2.75, 3.05) is 47.2 Å². The van der Waals surface area contributed by atoms with E-state index in [1.54, 1.807) is 14.2 Å². The topological polar surface area (TPSA) is 49.0 Å². The largest absolute Gasteiger partial charge is 0.491 e. The molecule has 1 N–H and O–H groups in total. The molecule has 0 unspecified atom stereocenters. The quantitative estimate of drug-likeness (QED) is 0.600. The van der Waals surface area contributed by atoms with Gasteiger partial charge in [0.15, 0.2) is 0 Å². The molecule has 0 saturated heterocycles. The Hall–Kier alpha value is -1.30. The molecule has 21 heavy (non-hydrogen) atoms. The van der Waals surface area contributed by atoms with Gasteiger partial charge in [0.25, 0.3) is 0 Å². The number of benzene rings is 1. The lowest BCUT2D eigenvalue weighted by atomic mass is 10.2. The Morgan fingerprint density at radius 1 is 0.952 bits per heavy atom. The van der Waals surface area contributed by atoms with Crippen LogP contribution in [0.4, 0.5) is 0 Å². The summed E-state index contributed by atoms with van der Waals surface area (Å²) in [6.45, 7) is 6.12. The van der Waals surface area contributed by atoms with Crippen LogP contribution in [0.3, 0.4) is 0 Å². The Balaban J connectivity index is 2.65. The second kappa shape index (κ2) is 11.4. The van der Waals surface area contributed by atoms with Crippen molar-refractivity contribution in [1.82, 2.24) is 5.32 Å². The minimum absolute atomic E-state index is 0.527. The fourth-order valence-electron chi connectivity index (χ4n) is 1.78. The lowest BCUT2D eigenvalue weighted by Gasteiger charge is -2.14. The van der Waals surface area contributed by atoms with E-state index < -0.39 is 0 Å². The summed E-state index contributed by atoms with van der Waals surface area (Å²) < 4.78 is 21.4. The lowest BCUT2D eigenvalue weighted by Crippen LogP contribution is -2.15. The van der Waals surface area contributed by atoms with Crippen LogP contribution in [0.2, 0.25) is 0 Å². The van der Waals surface area contributed by atoms with E-state index in [-0.39, 0.29) is 0 Å². The number of ether oxygens (including phenoxy) is 4. The monoisotopic (exact) mass is 297 g/mol. The summed E-state index contributed by atoms with van der Waals surface area (Å²) in [6, 6.07) is 5.92. The standard InChI is InChI=1S/C16H27NO4/c1-4-7-17-13-14-5-6-15(20-10-8-18-2)12-16(14)21-11-9-19-3/h5-6,12,17H,4,7-11,13H2,1-3H3. The van der Waals surface area contributed by atoms with Crippen LogP contribution >= 0.6 is 0 Å². The third-order valence-corrected chi connectivity index (χ3v) is 2.88. The second-order valence-electron chi connectivity index (χ2n) is 4.63. The van der Waals surface area contributed by atoms with Crippen LogP contribution in [0.5, 0.6) is 11.5 Å². The summed E-state index contributed by atoms with van der Waals surface area (Å²) in [5.41, 5.74) is 1.12. The van der Waals surface area contributed by atoms with Crippen molar-refractivity contribution < 1.29 is 18.9 Å². The first-order valence-electron chi connectivity index (χ1n) is 7.39. The fraction of sp³-hybridized carbons (Fsp3) is 0.625. The minimum atomic E-state index is 0.527. The summed E-state index contributed by atoms with van der Waals surface area (Å²) >= 11 is 0. The molecule has 0 bridgehead atoms. The van der Waals surface area contributed by atoms with Gasteiger partial charge in [0.1, 0.15) is 24.7 Å². The zero-order valence-electron chi connectivity index (χ0n) is 13.3. The summed E-state index contributed by atoms with van der Waals surface area (Å²) in [6.07, 6.45) is 1.11. The molecule has 0 radical (unpaired) electrons. The van der Waals surface area contributed by atoms with E-state index >= 15 is 0 Å². The number of methoxy groups -OCH3 is 2. The number of nitrogens with one attached hydrogen (secondary N) is 1. The van der Waals surface area contributed by atoms with Crippen molar-refractivity contribution in [1.29, 1.82) is 0 Å². The van der Waals surface area contributed by atoms with Gasteiger partial charge < -0.3 is 24.3 Å². The van der Waals surface area contributed by atoms with Gasteiger partial charge in [0.2, 0.25) is 0 Å². The van der Waals surface area contributed by atoms with Crippen molar-refractivity contribution in [2.45, 2.75) is 19.9 Å². The van der Waals surface area contributed by atoms with E-state index in [4.69, 9.17) is 18.9 Å². The zero-order valence-corrected chi connectivity index (χ0v) is 13.3. The van der Waals surface area contributed by atoms with Gasteiger partial charge in [-0.15, -0.1) is 0 Å². The maximum absolute atomic E-state index is 5.78. The highest BCUT2D eigenvalue weighted by Gasteiger charge is 2.06. The first-order chi connectivity index (χ1) is 10.3. The maximum Gasteiger partial charge on any atom is 0.127 e. The average molecular weight is 297 g/mol. The summed E-state index contributed by atoms with van der Waals surface area (Å²) in [4.78, 5) is 0. The van der Waals surface area contributed by atoms with Crippen LogP contribution in [-0.2, 0) is 16.0 Å². The fourth-order valence-corrected chi connectivity index (χ4v) is 1.78. The van der Waals surface area contributed by atoms with Gasteiger partial charge in [-0.1, -0.05) is 13.0 Å². The predicted molar refractivity (Wildman–Crippen MR) is 83.2 cm³/mol. The van der Waals surface area contributed by atoms with Gasteiger partial charge in [-0.2, -0.15) is 0 Å². The molecule has 0 aliphatic carbocycles. The van der Waals surface area contributed by atoms with Crippen LogP contribution in [0.25, 0.3) is 0 Å². The number of hydrogen-bond acceptors (Lipinski definition) is 5. The third-order valence-electron chi connectivity index (χ3n) is 2.88. The minimum Gasteiger partial charge on any atom is -0.491 e. The molecule has 0 aliphatic heterocycles. The van der Waals surface area contributed by atoms with Crippen molar-refractivity contribution in [3.63, 3.8) is 0 Å². The highest BCUT2D eigenvalue weighted by atomic mass is 16.5. The Morgan fingerprint density at radius 3 is 2.33 bits per heavy atom. The van der Waals surface area contributed by atoms with Crippen molar-refractivity contribution in [3.05, 3.63) is 23.8 Å². The average Bonchev–Trinajstić information content (AvgIpc) is 2.50. The third kappa shape index (κ3) is 7.32. The smallest absolute Gasteiger partial charge is 0.127 e. The maximum atomic E-state index is 5.78. The van der Waals surface area contributed by atoms with E-state index in [1.807, 2.05) is 18.2 Å². The molecule has 1 aromatic carbocycles. The molecule has 1 aromatic rings. The molecule has 0 aliphatic rings. The van der Waals surface area contributed by atoms with Crippen LogP contribution in [0.15, 0.2) is 18.2 Å². The molecule has 1 rings (SSSR count).